The second kappa shape index (κ2) is 9.96. The maximum absolute atomic E-state index is 12.6. The average Bonchev–Trinajstić information content (AvgIpc) is 2.74. The first-order valence-corrected chi connectivity index (χ1v) is 10.0. The Hall–Kier alpha value is -3.02. The maximum atomic E-state index is 12.6. The van der Waals surface area contributed by atoms with Gasteiger partial charge >= 0.3 is 0 Å². The highest BCUT2D eigenvalue weighted by molar-refractivity contribution is 5.80. The summed E-state index contributed by atoms with van der Waals surface area (Å²) in [6, 6.07) is 15.3. The molecule has 0 aliphatic carbocycles. The van der Waals surface area contributed by atoms with Crippen molar-refractivity contribution in [3.63, 3.8) is 0 Å². The number of aryl methyl sites for hydroxylation is 1. The summed E-state index contributed by atoms with van der Waals surface area (Å²) in [5, 5.41) is 0. The lowest BCUT2D eigenvalue weighted by atomic mass is 10.1. The molecule has 1 aliphatic heterocycles. The van der Waals surface area contributed by atoms with Gasteiger partial charge in [-0.15, -0.1) is 0 Å². The number of rotatable bonds is 7. The standard InChI is InChI=1S/C23H28N2O4/c1-3-28-20-10-8-19(9-11-20)16-22(26)24-12-14-25(15-13-24)23(27)17-29-21-7-5-4-6-18(21)2/h4-11H,3,12-17H2,1-2H3. The highest BCUT2D eigenvalue weighted by Crippen LogP contribution is 2.17. The molecule has 0 unspecified atom stereocenters. The highest BCUT2D eigenvalue weighted by Gasteiger charge is 2.24. The van der Waals surface area contributed by atoms with Crippen molar-refractivity contribution in [2.45, 2.75) is 20.3 Å². The van der Waals surface area contributed by atoms with E-state index in [4.69, 9.17) is 9.47 Å². The number of benzene rings is 2. The second-order valence-corrected chi connectivity index (χ2v) is 7.07. The number of ether oxygens (including phenoxy) is 2. The number of hydrogen-bond acceptors (Lipinski definition) is 4. The Morgan fingerprint density at radius 3 is 2.10 bits per heavy atom. The summed E-state index contributed by atoms with van der Waals surface area (Å²) in [5.74, 6) is 1.57. The molecule has 0 spiro atoms. The van der Waals surface area contributed by atoms with E-state index in [2.05, 4.69) is 0 Å². The van der Waals surface area contributed by atoms with E-state index in [1.165, 1.54) is 0 Å². The van der Waals surface area contributed by atoms with E-state index in [9.17, 15) is 9.59 Å². The summed E-state index contributed by atoms with van der Waals surface area (Å²) in [6.07, 6.45) is 0.358. The molecule has 2 aromatic rings. The van der Waals surface area contributed by atoms with Crippen molar-refractivity contribution in [2.24, 2.45) is 0 Å². The van der Waals surface area contributed by atoms with Crippen LogP contribution in [0.4, 0.5) is 0 Å². The van der Waals surface area contributed by atoms with Gasteiger partial charge in [0.2, 0.25) is 5.91 Å². The van der Waals surface area contributed by atoms with Gasteiger partial charge in [0.25, 0.3) is 5.91 Å². The van der Waals surface area contributed by atoms with Crippen molar-refractivity contribution < 1.29 is 19.1 Å². The topological polar surface area (TPSA) is 59.1 Å². The molecule has 0 saturated carbocycles. The average molecular weight is 396 g/mol. The fraction of sp³-hybridized carbons (Fsp3) is 0.391. The molecule has 3 rings (SSSR count). The van der Waals surface area contributed by atoms with Crippen LogP contribution in [-0.2, 0) is 16.0 Å². The molecule has 2 amide bonds. The van der Waals surface area contributed by atoms with Gasteiger partial charge in [0.15, 0.2) is 6.61 Å². The summed E-state index contributed by atoms with van der Waals surface area (Å²) in [5.41, 5.74) is 1.97. The van der Waals surface area contributed by atoms with Gasteiger partial charge in [-0.2, -0.15) is 0 Å². The fourth-order valence-corrected chi connectivity index (χ4v) is 3.31. The quantitative estimate of drug-likeness (QED) is 0.722. The Labute approximate surface area is 172 Å². The Bertz CT molecular complexity index is 827. The summed E-state index contributed by atoms with van der Waals surface area (Å²) in [6.45, 7) is 6.70. The van der Waals surface area contributed by atoms with Gasteiger partial charge in [0, 0.05) is 26.2 Å². The first-order valence-electron chi connectivity index (χ1n) is 10.0. The minimum absolute atomic E-state index is 0.0188. The van der Waals surface area contributed by atoms with Gasteiger partial charge in [0.05, 0.1) is 13.0 Å². The molecule has 154 valence electrons. The van der Waals surface area contributed by atoms with Crippen LogP contribution in [0.5, 0.6) is 11.5 Å². The first-order chi connectivity index (χ1) is 14.1. The van der Waals surface area contributed by atoms with Gasteiger partial charge in [-0.3, -0.25) is 9.59 Å². The lowest BCUT2D eigenvalue weighted by molar-refractivity contribution is -0.140. The number of para-hydroxylation sites is 1. The molecule has 1 saturated heterocycles. The molecule has 6 nitrogen and oxygen atoms in total. The summed E-state index contributed by atoms with van der Waals surface area (Å²) in [4.78, 5) is 28.6. The van der Waals surface area contributed by atoms with Crippen LogP contribution in [-0.4, -0.2) is 61.0 Å². The minimum Gasteiger partial charge on any atom is -0.494 e. The number of amides is 2. The normalized spacial score (nSPS) is 13.9. The third-order valence-corrected chi connectivity index (χ3v) is 5.02. The third-order valence-electron chi connectivity index (χ3n) is 5.02. The Kier molecular flexibility index (Phi) is 7.11. The van der Waals surface area contributed by atoms with Crippen LogP contribution in [0.25, 0.3) is 0 Å². The predicted octanol–water partition coefficient (Wildman–Crippen LogP) is 2.69. The van der Waals surface area contributed by atoms with Gasteiger partial charge in [-0.25, -0.2) is 0 Å². The number of piperazine rings is 1. The molecule has 0 atom stereocenters. The van der Waals surface area contributed by atoms with Crippen molar-refractivity contribution in [3.05, 3.63) is 59.7 Å². The predicted molar refractivity (Wildman–Crippen MR) is 111 cm³/mol. The Balaban J connectivity index is 1.43. The monoisotopic (exact) mass is 396 g/mol. The molecule has 6 heteroatoms. The van der Waals surface area contributed by atoms with Gasteiger partial charge in [-0.05, 0) is 43.2 Å². The van der Waals surface area contributed by atoms with Crippen molar-refractivity contribution in [2.75, 3.05) is 39.4 Å². The molecule has 0 radical (unpaired) electrons. The smallest absolute Gasteiger partial charge is 0.260 e. The largest absolute Gasteiger partial charge is 0.494 e. The Morgan fingerprint density at radius 1 is 0.862 bits per heavy atom. The van der Waals surface area contributed by atoms with Gasteiger partial charge in [-0.1, -0.05) is 30.3 Å². The molecule has 0 bridgehead atoms. The molecular weight excluding hydrogens is 368 g/mol. The zero-order chi connectivity index (χ0) is 20.6. The van der Waals surface area contributed by atoms with Crippen LogP contribution in [0, 0.1) is 6.92 Å². The molecule has 29 heavy (non-hydrogen) atoms. The molecule has 2 aromatic carbocycles. The van der Waals surface area contributed by atoms with Gasteiger partial charge < -0.3 is 19.3 Å². The maximum Gasteiger partial charge on any atom is 0.260 e. The lowest BCUT2D eigenvalue weighted by Gasteiger charge is -2.34. The zero-order valence-electron chi connectivity index (χ0n) is 17.1. The third kappa shape index (κ3) is 5.73. The summed E-state index contributed by atoms with van der Waals surface area (Å²) >= 11 is 0. The number of carbonyl (C=O) groups excluding carboxylic acids is 2. The summed E-state index contributed by atoms with van der Waals surface area (Å²) < 4.78 is 11.1. The van der Waals surface area contributed by atoms with E-state index in [1.54, 1.807) is 4.90 Å². The molecule has 0 N–H and O–H groups in total. The van der Waals surface area contributed by atoms with Crippen molar-refractivity contribution in [3.8, 4) is 11.5 Å². The Morgan fingerprint density at radius 2 is 1.48 bits per heavy atom. The second-order valence-electron chi connectivity index (χ2n) is 7.07. The van der Waals surface area contributed by atoms with Crippen LogP contribution in [0.1, 0.15) is 18.1 Å². The van der Waals surface area contributed by atoms with Crippen molar-refractivity contribution >= 4 is 11.8 Å². The molecule has 1 aliphatic rings. The van der Waals surface area contributed by atoms with E-state index < -0.39 is 0 Å². The van der Waals surface area contributed by atoms with E-state index in [-0.39, 0.29) is 18.4 Å². The summed E-state index contributed by atoms with van der Waals surface area (Å²) in [7, 11) is 0. The minimum atomic E-state index is -0.0492. The van der Waals surface area contributed by atoms with E-state index in [0.29, 0.717) is 39.2 Å². The van der Waals surface area contributed by atoms with Crippen LogP contribution in [0.2, 0.25) is 0 Å². The van der Waals surface area contributed by atoms with Crippen LogP contribution >= 0.6 is 0 Å². The van der Waals surface area contributed by atoms with Crippen LogP contribution < -0.4 is 9.47 Å². The van der Waals surface area contributed by atoms with E-state index in [0.717, 1.165) is 22.6 Å². The molecule has 1 fully saturated rings. The lowest BCUT2D eigenvalue weighted by Crippen LogP contribution is -2.52. The number of carbonyl (C=O) groups is 2. The highest BCUT2D eigenvalue weighted by atomic mass is 16.5. The van der Waals surface area contributed by atoms with Crippen molar-refractivity contribution in [1.82, 2.24) is 9.80 Å². The number of nitrogens with zero attached hydrogens (tertiary/aromatic N) is 2. The van der Waals surface area contributed by atoms with Gasteiger partial charge in [0.1, 0.15) is 11.5 Å². The SMILES string of the molecule is CCOc1ccc(CC(=O)N2CCN(C(=O)COc3ccccc3C)CC2)cc1. The van der Waals surface area contributed by atoms with Crippen LogP contribution in [0.15, 0.2) is 48.5 Å². The molecule has 0 aromatic heterocycles. The van der Waals surface area contributed by atoms with Crippen molar-refractivity contribution in [1.29, 1.82) is 0 Å². The zero-order valence-corrected chi connectivity index (χ0v) is 17.1. The molecular formula is C23H28N2O4. The number of hydrogen-bond donors (Lipinski definition) is 0. The first kappa shape index (κ1) is 20.7. The van der Waals surface area contributed by atoms with Crippen LogP contribution in [0.3, 0.4) is 0 Å². The molecule has 1 heterocycles. The van der Waals surface area contributed by atoms with E-state index >= 15 is 0 Å². The fourth-order valence-electron chi connectivity index (χ4n) is 3.31. The van der Waals surface area contributed by atoms with E-state index in [1.807, 2.05) is 67.3 Å².